The number of benzene rings is 2. The molecule has 0 aliphatic heterocycles. The van der Waals surface area contributed by atoms with Crippen LogP contribution >= 0.6 is 11.3 Å². The van der Waals surface area contributed by atoms with Gasteiger partial charge in [0, 0.05) is 15.8 Å². The van der Waals surface area contributed by atoms with Crippen molar-refractivity contribution < 1.29 is 19.1 Å². The summed E-state index contributed by atoms with van der Waals surface area (Å²) in [5.74, 6) is -1.06. The molecular weight excluding hydrogens is 333 g/mol. The highest BCUT2D eigenvalue weighted by atomic mass is 32.1. The number of aromatic hydroxyl groups is 1. The fraction of sp³-hybridized carbons (Fsp3) is 0. The highest BCUT2D eigenvalue weighted by Crippen LogP contribution is 2.37. The first-order chi connectivity index (χ1) is 11.4. The van der Waals surface area contributed by atoms with Crippen LogP contribution in [-0.4, -0.2) is 17.0 Å². The number of amides is 3. The number of halogens is 1. The third-order valence-electron chi connectivity index (χ3n) is 3.25. The number of primary amides is 1. The third kappa shape index (κ3) is 3.13. The van der Waals surface area contributed by atoms with Gasteiger partial charge in [-0.3, -0.25) is 10.1 Å². The topological polar surface area (TPSA) is 104 Å². The van der Waals surface area contributed by atoms with Crippen molar-refractivity contribution in [1.29, 1.82) is 0 Å². The fourth-order valence-corrected chi connectivity index (χ4v) is 3.35. The molecule has 1 heterocycles. The lowest BCUT2D eigenvalue weighted by Crippen LogP contribution is -2.21. The van der Waals surface area contributed by atoms with Crippen molar-refractivity contribution in [3.05, 3.63) is 53.8 Å². The van der Waals surface area contributed by atoms with Crippen LogP contribution in [0.1, 0.15) is 10.4 Å². The van der Waals surface area contributed by atoms with Crippen LogP contribution in [0.2, 0.25) is 0 Å². The second-order valence-electron chi connectivity index (χ2n) is 4.94. The first kappa shape index (κ1) is 15.8. The van der Waals surface area contributed by atoms with Crippen LogP contribution in [0.4, 0.5) is 19.9 Å². The number of carbonyl (C=O) groups excluding carboxylic acids is 2. The minimum Gasteiger partial charge on any atom is -0.508 e. The van der Waals surface area contributed by atoms with Crippen molar-refractivity contribution in [2.24, 2.45) is 5.73 Å². The fourth-order valence-electron chi connectivity index (χ4n) is 2.22. The number of nitrogens with two attached hydrogens (primary N) is 1. The predicted octanol–water partition coefficient (Wildman–Crippen LogP) is 3.49. The van der Waals surface area contributed by atoms with E-state index in [9.17, 15) is 19.1 Å². The van der Waals surface area contributed by atoms with Crippen molar-refractivity contribution in [3.63, 3.8) is 0 Å². The number of rotatable bonds is 3. The molecule has 6 nitrogen and oxygen atoms in total. The quantitative estimate of drug-likeness (QED) is 0.584. The lowest BCUT2D eigenvalue weighted by atomic mass is 10.1. The zero-order valence-electron chi connectivity index (χ0n) is 12.2. The Hall–Kier alpha value is -3.13. The Bertz CT molecular complexity index is 938. The average Bonchev–Trinajstić information content (AvgIpc) is 2.86. The molecule has 0 unspecified atom stereocenters. The monoisotopic (exact) mass is 345 g/mol. The number of phenolic OH excluding ortho intramolecular Hbond substituents is 1. The average molecular weight is 345 g/mol. The van der Waals surface area contributed by atoms with Gasteiger partial charge in [0.2, 0.25) is 0 Å². The van der Waals surface area contributed by atoms with E-state index in [1.807, 2.05) is 0 Å². The van der Waals surface area contributed by atoms with Gasteiger partial charge in [0.15, 0.2) is 0 Å². The van der Waals surface area contributed by atoms with E-state index in [1.165, 1.54) is 36.4 Å². The number of thiophene rings is 1. The summed E-state index contributed by atoms with van der Waals surface area (Å²) in [5.41, 5.74) is 5.97. The lowest BCUT2D eigenvalue weighted by molar-refractivity contribution is 0.100. The molecule has 0 aliphatic carbocycles. The van der Waals surface area contributed by atoms with Gasteiger partial charge in [0.25, 0.3) is 5.91 Å². The molecule has 122 valence electrons. The number of hydrogen-bond donors (Lipinski definition) is 4. The Kier molecular flexibility index (Phi) is 4.05. The van der Waals surface area contributed by atoms with Crippen LogP contribution in [0.5, 0.6) is 5.75 Å². The molecule has 5 N–H and O–H groups in total. The van der Waals surface area contributed by atoms with Crippen LogP contribution < -0.4 is 16.4 Å². The maximum absolute atomic E-state index is 12.9. The maximum atomic E-state index is 12.9. The largest absolute Gasteiger partial charge is 0.508 e. The van der Waals surface area contributed by atoms with E-state index in [0.717, 1.165) is 11.3 Å². The molecular formula is C16H12FN3O3S. The van der Waals surface area contributed by atoms with Crippen LogP contribution in [0.15, 0.2) is 42.5 Å². The standard InChI is InChI=1S/C16H12FN3O3S/c17-8-1-3-9(4-2-8)19-16(23)20-15-13(14(18)22)11-6-5-10(21)7-12(11)24-15/h1-7,21H,(H2,18,22)(H2,19,20,23). The van der Waals surface area contributed by atoms with Gasteiger partial charge in [-0.2, -0.15) is 0 Å². The molecule has 1 aromatic heterocycles. The van der Waals surface area contributed by atoms with E-state index in [2.05, 4.69) is 10.6 Å². The minimum atomic E-state index is -0.691. The van der Waals surface area contributed by atoms with Crippen LogP contribution in [-0.2, 0) is 0 Å². The molecule has 0 bridgehead atoms. The van der Waals surface area contributed by atoms with E-state index in [1.54, 1.807) is 6.07 Å². The smallest absolute Gasteiger partial charge is 0.324 e. The summed E-state index contributed by atoms with van der Waals surface area (Å²) < 4.78 is 13.5. The van der Waals surface area contributed by atoms with E-state index in [0.29, 0.717) is 15.8 Å². The number of fused-ring (bicyclic) bond motifs is 1. The number of phenols is 1. The summed E-state index contributed by atoms with van der Waals surface area (Å²) in [4.78, 5) is 23.8. The molecule has 8 heteroatoms. The molecule has 2 aromatic carbocycles. The van der Waals surface area contributed by atoms with Crippen molar-refractivity contribution in [2.45, 2.75) is 0 Å². The van der Waals surface area contributed by atoms with Gasteiger partial charge < -0.3 is 16.2 Å². The second-order valence-corrected chi connectivity index (χ2v) is 5.99. The van der Waals surface area contributed by atoms with E-state index >= 15 is 0 Å². The molecule has 0 fully saturated rings. The van der Waals surface area contributed by atoms with Gasteiger partial charge in [0.1, 0.15) is 16.6 Å². The summed E-state index contributed by atoms with van der Waals surface area (Å²) in [6.07, 6.45) is 0. The summed E-state index contributed by atoms with van der Waals surface area (Å²) in [5, 5.41) is 15.4. The zero-order valence-corrected chi connectivity index (χ0v) is 13.0. The van der Waals surface area contributed by atoms with Crippen LogP contribution in [0.25, 0.3) is 10.1 Å². The van der Waals surface area contributed by atoms with Crippen molar-refractivity contribution in [3.8, 4) is 5.75 Å². The molecule has 0 saturated heterocycles. The molecule has 3 aromatic rings. The normalized spacial score (nSPS) is 10.5. The molecule has 0 aliphatic rings. The number of anilines is 2. The number of hydrogen-bond acceptors (Lipinski definition) is 4. The molecule has 24 heavy (non-hydrogen) atoms. The van der Waals surface area contributed by atoms with Crippen molar-refractivity contribution in [1.82, 2.24) is 0 Å². The Labute approximate surface area is 139 Å². The number of carbonyl (C=O) groups is 2. The SMILES string of the molecule is NC(=O)c1c(NC(=O)Nc2ccc(F)cc2)sc2cc(O)ccc12. The Morgan fingerprint density at radius 3 is 2.46 bits per heavy atom. The van der Waals surface area contributed by atoms with Gasteiger partial charge in [-0.05, 0) is 42.5 Å². The molecule has 0 saturated carbocycles. The zero-order chi connectivity index (χ0) is 17.3. The van der Waals surface area contributed by atoms with Gasteiger partial charge in [-0.1, -0.05) is 0 Å². The maximum Gasteiger partial charge on any atom is 0.324 e. The highest BCUT2D eigenvalue weighted by molar-refractivity contribution is 7.23. The summed E-state index contributed by atoms with van der Waals surface area (Å²) >= 11 is 1.11. The molecule has 3 rings (SSSR count). The Morgan fingerprint density at radius 1 is 1.08 bits per heavy atom. The van der Waals surface area contributed by atoms with Gasteiger partial charge in [-0.15, -0.1) is 11.3 Å². The number of nitrogens with one attached hydrogen (secondary N) is 2. The van der Waals surface area contributed by atoms with E-state index < -0.39 is 17.8 Å². The van der Waals surface area contributed by atoms with Gasteiger partial charge in [-0.25, -0.2) is 9.18 Å². The van der Waals surface area contributed by atoms with Crippen LogP contribution in [0.3, 0.4) is 0 Å². The van der Waals surface area contributed by atoms with Gasteiger partial charge >= 0.3 is 6.03 Å². The predicted molar refractivity (Wildman–Crippen MR) is 91.0 cm³/mol. The Morgan fingerprint density at radius 2 is 1.79 bits per heavy atom. The minimum absolute atomic E-state index is 0.0436. The van der Waals surface area contributed by atoms with E-state index in [-0.39, 0.29) is 16.3 Å². The highest BCUT2D eigenvalue weighted by Gasteiger charge is 2.19. The van der Waals surface area contributed by atoms with Crippen molar-refractivity contribution >= 4 is 44.0 Å². The van der Waals surface area contributed by atoms with Crippen molar-refractivity contribution in [2.75, 3.05) is 10.6 Å². The lowest BCUT2D eigenvalue weighted by Gasteiger charge is -2.07. The molecule has 0 atom stereocenters. The second kappa shape index (κ2) is 6.17. The summed E-state index contributed by atoms with van der Waals surface area (Å²) in [7, 11) is 0. The van der Waals surface area contributed by atoms with Crippen LogP contribution in [0, 0.1) is 5.82 Å². The molecule has 3 amide bonds. The molecule has 0 radical (unpaired) electrons. The first-order valence-electron chi connectivity index (χ1n) is 6.83. The third-order valence-corrected chi connectivity index (χ3v) is 4.32. The summed E-state index contributed by atoms with van der Waals surface area (Å²) in [6, 6.07) is 9.13. The summed E-state index contributed by atoms with van der Waals surface area (Å²) in [6.45, 7) is 0. The molecule has 0 spiro atoms. The van der Waals surface area contributed by atoms with Gasteiger partial charge in [0.05, 0.1) is 5.56 Å². The Balaban J connectivity index is 1.88. The van der Waals surface area contributed by atoms with E-state index in [4.69, 9.17) is 5.73 Å². The first-order valence-corrected chi connectivity index (χ1v) is 7.64. The number of urea groups is 1.